The van der Waals surface area contributed by atoms with Crippen molar-refractivity contribution in [1.29, 1.82) is 0 Å². The minimum Gasteiger partial charge on any atom is -0.462 e. The Labute approximate surface area is 169 Å². The van der Waals surface area contributed by atoms with Gasteiger partial charge in [0.05, 0.1) is 22.2 Å². The first kappa shape index (κ1) is 20.0. The van der Waals surface area contributed by atoms with Gasteiger partial charge in [0, 0.05) is 0 Å². The van der Waals surface area contributed by atoms with Crippen LogP contribution in [0.25, 0.3) is 0 Å². The number of hydrogen-bond donors (Lipinski definition) is 1. The van der Waals surface area contributed by atoms with Crippen molar-refractivity contribution in [1.82, 2.24) is 0 Å². The van der Waals surface area contributed by atoms with Crippen molar-refractivity contribution in [2.24, 2.45) is 0 Å². The summed E-state index contributed by atoms with van der Waals surface area (Å²) in [6, 6.07) is 4.46. The molecule has 0 radical (unpaired) electrons. The van der Waals surface area contributed by atoms with Crippen LogP contribution < -0.4 is 14.8 Å². The van der Waals surface area contributed by atoms with Gasteiger partial charge >= 0.3 is 11.9 Å². The average Bonchev–Trinajstić information content (AvgIpc) is 3.26. The summed E-state index contributed by atoms with van der Waals surface area (Å²) >= 11 is 7.11. The number of amides is 1. The van der Waals surface area contributed by atoms with Crippen LogP contribution in [0.3, 0.4) is 0 Å². The number of carbonyl (C=O) groups excluding carboxylic acids is 3. The van der Waals surface area contributed by atoms with E-state index in [2.05, 4.69) is 5.32 Å². The Morgan fingerprint density at radius 3 is 2.71 bits per heavy atom. The molecule has 0 bridgehead atoms. The van der Waals surface area contributed by atoms with Crippen LogP contribution >= 0.6 is 22.9 Å². The van der Waals surface area contributed by atoms with Crippen LogP contribution in [0.4, 0.5) is 5.00 Å². The van der Waals surface area contributed by atoms with E-state index in [1.54, 1.807) is 19.9 Å². The number of hydrogen-bond acceptors (Lipinski definition) is 8. The molecule has 1 N–H and O–H groups in total. The molecular weight excluding hydrogens is 410 g/mol. The number of aryl methyl sites for hydroxylation is 1. The molecule has 1 aliphatic heterocycles. The second-order valence-electron chi connectivity index (χ2n) is 5.66. The van der Waals surface area contributed by atoms with E-state index < -0.39 is 24.5 Å². The Hall–Kier alpha value is -2.78. The number of anilines is 1. The van der Waals surface area contributed by atoms with E-state index in [0.29, 0.717) is 26.9 Å². The molecule has 2 aromatic rings. The third-order valence-corrected chi connectivity index (χ3v) is 5.05. The van der Waals surface area contributed by atoms with Gasteiger partial charge < -0.3 is 24.3 Å². The molecule has 0 saturated heterocycles. The SMILES string of the molecule is CCOC(=O)c1sc(NC(=O)COC(=O)c2cc(Cl)c3c(c2)OCO3)cc1C. The lowest BCUT2D eigenvalue weighted by Crippen LogP contribution is -2.20. The number of carbonyl (C=O) groups is 3. The number of esters is 2. The highest BCUT2D eigenvalue weighted by atomic mass is 35.5. The summed E-state index contributed by atoms with van der Waals surface area (Å²) in [7, 11) is 0. The van der Waals surface area contributed by atoms with Gasteiger partial charge in [-0.1, -0.05) is 11.6 Å². The first-order valence-electron chi connectivity index (χ1n) is 8.22. The van der Waals surface area contributed by atoms with E-state index in [4.69, 9.17) is 30.5 Å². The minimum atomic E-state index is -0.732. The van der Waals surface area contributed by atoms with Crippen LogP contribution in [-0.2, 0) is 14.3 Å². The summed E-state index contributed by atoms with van der Waals surface area (Å²) in [5.41, 5.74) is 0.823. The van der Waals surface area contributed by atoms with Gasteiger partial charge in [-0.3, -0.25) is 4.79 Å². The van der Waals surface area contributed by atoms with Gasteiger partial charge in [0.15, 0.2) is 18.1 Å². The van der Waals surface area contributed by atoms with Crippen molar-refractivity contribution in [3.8, 4) is 11.5 Å². The number of fused-ring (bicyclic) bond motifs is 1. The van der Waals surface area contributed by atoms with Crippen LogP contribution in [-0.4, -0.2) is 37.9 Å². The first-order chi connectivity index (χ1) is 13.4. The molecule has 0 fully saturated rings. The molecule has 10 heteroatoms. The highest BCUT2D eigenvalue weighted by Gasteiger charge is 2.22. The molecule has 8 nitrogen and oxygen atoms in total. The lowest BCUT2D eigenvalue weighted by Gasteiger charge is -2.07. The Bertz CT molecular complexity index is 940. The fourth-order valence-corrected chi connectivity index (χ4v) is 3.66. The lowest BCUT2D eigenvalue weighted by atomic mass is 10.2. The first-order valence-corrected chi connectivity index (χ1v) is 9.42. The molecule has 0 atom stereocenters. The summed E-state index contributed by atoms with van der Waals surface area (Å²) in [4.78, 5) is 36.4. The maximum absolute atomic E-state index is 12.2. The fraction of sp³-hybridized carbons (Fsp3) is 0.278. The van der Waals surface area contributed by atoms with Gasteiger partial charge in [-0.05, 0) is 37.6 Å². The normalized spacial score (nSPS) is 11.8. The molecule has 2 heterocycles. The summed E-state index contributed by atoms with van der Waals surface area (Å²) in [5.74, 6) is -1.02. The summed E-state index contributed by atoms with van der Waals surface area (Å²) in [5, 5.41) is 3.25. The molecule has 3 rings (SSSR count). The number of thiophene rings is 1. The molecule has 0 aliphatic carbocycles. The second-order valence-corrected chi connectivity index (χ2v) is 7.12. The zero-order valence-electron chi connectivity index (χ0n) is 15.0. The number of ether oxygens (including phenoxy) is 4. The van der Waals surface area contributed by atoms with E-state index >= 15 is 0 Å². The fourth-order valence-electron chi connectivity index (χ4n) is 2.42. The predicted molar refractivity (Wildman–Crippen MR) is 101 cm³/mol. The number of benzene rings is 1. The summed E-state index contributed by atoms with van der Waals surface area (Å²) in [6.07, 6.45) is 0. The van der Waals surface area contributed by atoms with E-state index in [1.165, 1.54) is 12.1 Å². The monoisotopic (exact) mass is 425 g/mol. The zero-order chi connectivity index (χ0) is 20.3. The minimum absolute atomic E-state index is 0.0178. The molecular formula is C18H16ClNO7S. The quantitative estimate of drug-likeness (QED) is 0.708. The van der Waals surface area contributed by atoms with Crippen LogP contribution in [0.5, 0.6) is 11.5 Å². The molecule has 0 saturated carbocycles. The topological polar surface area (TPSA) is 100 Å². The van der Waals surface area contributed by atoms with Crippen molar-refractivity contribution in [2.45, 2.75) is 13.8 Å². The standard InChI is InChI=1S/C18H16ClNO7S/c1-3-24-18(23)16-9(2)4-14(28-16)20-13(21)7-25-17(22)10-5-11(19)15-12(6-10)26-8-27-15/h4-6H,3,7-8H2,1-2H3,(H,20,21). The van der Waals surface area contributed by atoms with E-state index in [-0.39, 0.29) is 24.0 Å². The van der Waals surface area contributed by atoms with Gasteiger partial charge in [-0.25, -0.2) is 9.59 Å². The Balaban J connectivity index is 1.57. The molecule has 1 amide bonds. The predicted octanol–water partition coefficient (Wildman–Crippen LogP) is 3.41. The van der Waals surface area contributed by atoms with Crippen molar-refractivity contribution >= 4 is 45.8 Å². The van der Waals surface area contributed by atoms with Crippen LogP contribution in [0.15, 0.2) is 18.2 Å². The molecule has 1 aliphatic rings. The Morgan fingerprint density at radius 1 is 1.18 bits per heavy atom. The number of nitrogens with one attached hydrogen (secondary N) is 1. The van der Waals surface area contributed by atoms with E-state index in [1.807, 2.05) is 0 Å². The van der Waals surface area contributed by atoms with Crippen molar-refractivity contribution < 1.29 is 33.3 Å². The van der Waals surface area contributed by atoms with Gasteiger partial charge in [0.1, 0.15) is 4.88 Å². The van der Waals surface area contributed by atoms with Crippen LogP contribution in [0, 0.1) is 6.92 Å². The van der Waals surface area contributed by atoms with E-state index in [9.17, 15) is 14.4 Å². The smallest absolute Gasteiger partial charge is 0.348 e. The van der Waals surface area contributed by atoms with Crippen molar-refractivity contribution in [3.05, 3.63) is 39.2 Å². The van der Waals surface area contributed by atoms with Gasteiger partial charge in [0.25, 0.3) is 5.91 Å². The third-order valence-electron chi connectivity index (χ3n) is 3.64. The lowest BCUT2D eigenvalue weighted by molar-refractivity contribution is -0.119. The number of halogens is 1. The Kier molecular flexibility index (Phi) is 6.05. The molecule has 28 heavy (non-hydrogen) atoms. The van der Waals surface area contributed by atoms with Gasteiger partial charge in [-0.2, -0.15) is 0 Å². The number of rotatable bonds is 6. The van der Waals surface area contributed by atoms with Gasteiger partial charge in [0.2, 0.25) is 6.79 Å². The summed E-state index contributed by atoms with van der Waals surface area (Å²) in [6.45, 7) is 3.23. The molecule has 1 aromatic heterocycles. The maximum atomic E-state index is 12.2. The summed E-state index contributed by atoms with van der Waals surface area (Å²) < 4.78 is 20.3. The van der Waals surface area contributed by atoms with E-state index in [0.717, 1.165) is 11.3 Å². The maximum Gasteiger partial charge on any atom is 0.348 e. The zero-order valence-corrected chi connectivity index (χ0v) is 16.6. The van der Waals surface area contributed by atoms with Crippen molar-refractivity contribution in [2.75, 3.05) is 25.3 Å². The van der Waals surface area contributed by atoms with Crippen LogP contribution in [0.1, 0.15) is 32.5 Å². The average molecular weight is 426 g/mol. The Morgan fingerprint density at radius 2 is 1.96 bits per heavy atom. The molecule has 1 aromatic carbocycles. The van der Waals surface area contributed by atoms with Gasteiger partial charge in [-0.15, -0.1) is 11.3 Å². The largest absolute Gasteiger partial charge is 0.462 e. The third kappa shape index (κ3) is 4.37. The van der Waals surface area contributed by atoms with Crippen molar-refractivity contribution in [3.63, 3.8) is 0 Å². The highest BCUT2D eigenvalue weighted by molar-refractivity contribution is 7.18. The molecule has 0 spiro atoms. The molecule has 148 valence electrons. The molecule has 0 unspecified atom stereocenters. The highest BCUT2D eigenvalue weighted by Crippen LogP contribution is 2.39. The second kappa shape index (κ2) is 8.49. The van der Waals surface area contributed by atoms with Crippen LogP contribution in [0.2, 0.25) is 5.02 Å².